The van der Waals surface area contributed by atoms with Gasteiger partial charge in [0.05, 0.1) is 5.52 Å². The summed E-state index contributed by atoms with van der Waals surface area (Å²) in [5.41, 5.74) is 3.42. The third-order valence-electron chi connectivity index (χ3n) is 3.64. The van der Waals surface area contributed by atoms with Crippen molar-refractivity contribution in [1.82, 2.24) is 4.98 Å². The number of aromatic nitrogens is 1. The van der Waals surface area contributed by atoms with Crippen LogP contribution in [0.3, 0.4) is 0 Å². The second-order valence-electron chi connectivity index (χ2n) is 5.13. The van der Waals surface area contributed by atoms with Crippen LogP contribution in [0.25, 0.3) is 10.9 Å². The summed E-state index contributed by atoms with van der Waals surface area (Å²) in [6, 6.07) is 20.8. The zero-order chi connectivity index (χ0) is 14.7. The molecule has 0 aliphatic carbocycles. The first-order valence-electron chi connectivity index (χ1n) is 7.10. The van der Waals surface area contributed by atoms with Gasteiger partial charge < -0.3 is 10.2 Å². The lowest BCUT2D eigenvalue weighted by molar-refractivity contribution is 0.920. The summed E-state index contributed by atoms with van der Waals surface area (Å²) in [4.78, 5) is 6.93. The minimum absolute atomic E-state index is 0.817. The van der Waals surface area contributed by atoms with Gasteiger partial charge in [-0.15, -0.1) is 0 Å². The van der Waals surface area contributed by atoms with E-state index in [1.54, 1.807) is 0 Å². The van der Waals surface area contributed by atoms with Crippen LogP contribution in [0.4, 0.5) is 11.5 Å². The lowest BCUT2D eigenvalue weighted by Gasteiger charge is -2.21. The maximum atomic E-state index is 4.70. The standard InChI is InChI=1S/C18H19N3/c1-19-18-15(12-14-8-6-7-11-17(14)20-18)13-21(2)16-9-4-3-5-10-16/h3-12H,13H2,1-2H3,(H,19,20). The molecule has 3 nitrogen and oxygen atoms in total. The monoisotopic (exact) mass is 277 g/mol. The first-order valence-corrected chi connectivity index (χ1v) is 7.10. The largest absolute Gasteiger partial charge is 0.373 e. The van der Waals surface area contributed by atoms with E-state index >= 15 is 0 Å². The maximum Gasteiger partial charge on any atom is 0.131 e. The highest BCUT2D eigenvalue weighted by Gasteiger charge is 2.08. The third kappa shape index (κ3) is 2.82. The minimum Gasteiger partial charge on any atom is -0.373 e. The number of benzene rings is 2. The molecule has 0 saturated carbocycles. The van der Waals surface area contributed by atoms with Gasteiger partial charge in [-0.05, 0) is 24.3 Å². The average molecular weight is 277 g/mol. The molecule has 0 fully saturated rings. The number of hydrogen-bond acceptors (Lipinski definition) is 3. The van der Waals surface area contributed by atoms with Gasteiger partial charge in [-0.2, -0.15) is 0 Å². The van der Waals surface area contributed by atoms with Gasteiger partial charge in [-0.1, -0.05) is 36.4 Å². The van der Waals surface area contributed by atoms with Gasteiger partial charge in [0.25, 0.3) is 0 Å². The number of nitrogens with one attached hydrogen (secondary N) is 1. The van der Waals surface area contributed by atoms with Crippen molar-refractivity contribution >= 4 is 22.4 Å². The summed E-state index contributed by atoms with van der Waals surface area (Å²) in [5, 5.41) is 4.38. The molecule has 3 heteroatoms. The zero-order valence-electron chi connectivity index (χ0n) is 12.4. The highest BCUT2D eigenvalue weighted by atomic mass is 15.1. The van der Waals surface area contributed by atoms with Crippen molar-refractivity contribution in [1.29, 1.82) is 0 Å². The lowest BCUT2D eigenvalue weighted by atomic mass is 10.1. The van der Waals surface area contributed by atoms with Gasteiger partial charge in [0, 0.05) is 37.3 Å². The third-order valence-corrected chi connectivity index (χ3v) is 3.64. The van der Waals surface area contributed by atoms with Crippen molar-refractivity contribution in [2.75, 3.05) is 24.3 Å². The number of anilines is 2. The molecule has 0 radical (unpaired) electrons. The average Bonchev–Trinajstić information content (AvgIpc) is 2.55. The van der Waals surface area contributed by atoms with Crippen molar-refractivity contribution in [3.8, 4) is 0 Å². The lowest BCUT2D eigenvalue weighted by Crippen LogP contribution is -2.17. The Balaban J connectivity index is 1.96. The van der Waals surface area contributed by atoms with Crippen LogP contribution in [-0.2, 0) is 6.54 Å². The molecule has 1 heterocycles. The zero-order valence-corrected chi connectivity index (χ0v) is 12.4. The molecule has 0 saturated heterocycles. The molecule has 0 atom stereocenters. The summed E-state index contributed by atoms with van der Waals surface area (Å²) >= 11 is 0. The van der Waals surface area contributed by atoms with E-state index in [2.05, 4.69) is 53.7 Å². The molecular formula is C18H19N3. The van der Waals surface area contributed by atoms with Crippen LogP contribution in [0.5, 0.6) is 0 Å². The number of rotatable bonds is 4. The second kappa shape index (κ2) is 5.83. The Morgan fingerprint density at radius 3 is 2.48 bits per heavy atom. The molecule has 21 heavy (non-hydrogen) atoms. The molecule has 0 spiro atoms. The molecule has 3 aromatic rings. The van der Waals surface area contributed by atoms with Crippen LogP contribution in [-0.4, -0.2) is 19.1 Å². The molecular weight excluding hydrogens is 258 g/mol. The molecule has 3 rings (SSSR count). The summed E-state index contributed by atoms with van der Waals surface area (Å²) in [6.07, 6.45) is 0. The quantitative estimate of drug-likeness (QED) is 0.783. The van der Waals surface area contributed by atoms with Gasteiger partial charge in [0.15, 0.2) is 0 Å². The van der Waals surface area contributed by atoms with Crippen LogP contribution >= 0.6 is 0 Å². The molecule has 1 aromatic heterocycles. The van der Waals surface area contributed by atoms with E-state index in [4.69, 9.17) is 4.98 Å². The van der Waals surface area contributed by atoms with E-state index in [-0.39, 0.29) is 0 Å². The molecule has 0 aliphatic heterocycles. The van der Waals surface area contributed by atoms with Crippen molar-refractivity contribution < 1.29 is 0 Å². The second-order valence-corrected chi connectivity index (χ2v) is 5.13. The molecule has 0 unspecified atom stereocenters. The number of fused-ring (bicyclic) bond motifs is 1. The molecule has 1 N–H and O–H groups in total. The maximum absolute atomic E-state index is 4.70. The van der Waals surface area contributed by atoms with Crippen molar-refractivity contribution in [2.45, 2.75) is 6.54 Å². The van der Waals surface area contributed by atoms with E-state index in [0.29, 0.717) is 0 Å². The predicted octanol–water partition coefficient (Wildman–Crippen LogP) is 3.91. The van der Waals surface area contributed by atoms with E-state index < -0.39 is 0 Å². The fourth-order valence-electron chi connectivity index (χ4n) is 2.53. The topological polar surface area (TPSA) is 28.2 Å². The van der Waals surface area contributed by atoms with Crippen LogP contribution in [0.15, 0.2) is 60.7 Å². The van der Waals surface area contributed by atoms with E-state index in [9.17, 15) is 0 Å². The number of pyridine rings is 1. The summed E-state index contributed by atoms with van der Waals surface area (Å²) in [6.45, 7) is 0.817. The van der Waals surface area contributed by atoms with Gasteiger partial charge in [0.1, 0.15) is 5.82 Å². The Bertz CT molecular complexity index is 738. The normalized spacial score (nSPS) is 10.6. The fourth-order valence-corrected chi connectivity index (χ4v) is 2.53. The Morgan fingerprint density at radius 2 is 1.71 bits per heavy atom. The first kappa shape index (κ1) is 13.4. The highest BCUT2D eigenvalue weighted by Crippen LogP contribution is 2.23. The van der Waals surface area contributed by atoms with Gasteiger partial charge >= 0.3 is 0 Å². The minimum atomic E-state index is 0.817. The molecule has 2 aromatic carbocycles. The van der Waals surface area contributed by atoms with E-state index in [1.807, 2.05) is 31.3 Å². The highest BCUT2D eigenvalue weighted by molar-refractivity contribution is 5.81. The van der Waals surface area contributed by atoms with Gasteiger partial charge in [-0.3, -0.25) is 0 Å². The van der Waals surface area contributed by atoms with Crippen molar-refractivity contribution in [3.05, 3.63) is 66.2 Å². The van der Waals surface area contributed by atoms with E-state index in [0.717, 1.165) is 17.9 Å². The predicted molar refractivity (Wildman–Crippen MR) is 89.8 cm³/mol. The Labute approximate surface area is 125 Å². The molecule has 0 aliphatic rings. The Morgan fingerprint density at radius 1 is 1.00 bits per heavy atom. The first-order chi connectivity index (χ1) is 10.3. The Kier molecular flexibility index (Phi) is 3.73. The molecule has 0 amide bonds. The van der Waals surface area contributed by atoms with Gasteiger partial charge in [-0.25, -0.2) is 4.98 Å². The summed E-state index contributed by atoms with van der Waals surface area (Å²) in [7, 11) is 4.02. The number of para-hydroxylation sites is 2. The van der Waals surface area contributed by atoms with Crippen LogP contribution in [0, 0.1) is 0 Å². The molecule has 106 valence electrons. The molecule has 0 bridgehead atoms. The van der Waals surface area contributed by atoms with Crippen molar-refractivity contribution in [3.63, 3.8) is 0 Å². The number of hydrogen-bond donors (Lipinski definition) is 1. The van der Waals surface area contributed by atoms with Crippen LogP contribution < -0.4 is 10.2 Å². The summed E-state index contributed by atoms with van der Waals surface area (Å²) in [5.74, 6) is 0.941. The SMILES string of the molecule is CNc1nc2ccccc2cc1CN(C)c1ccccc1. The van der Waals surface area contributed by atoms with Crippen LogP contribution in [0.2, 0.25) is 0 Å². The van der Waals surface area contributed by atoms with Crippen LogP contribution in [0.1, 0.15) is 5.56 Å². The number of nitrogens with zero attached hydrogens (tertiary/aromatic N) is 2. The summed E-state index contributed by atoms with van der Waals surface area (Å²) < 4.78 is 0. The fraction of sp³-hybridized carbons (Fsp3) is 0.167. The van der Waals surface area contributed by atoms with Crippen molar-refractivity contribution in [2.24, 2.45) is 0 Å². The van der Waals surface area contributed by atoms with Gasteiger partial charge in [0.2, 0.25) is 0 Å². The van der Waals surface area contributed by atoms with E-state index in [1.165, 1.54) is 16.6 Å². The Hall–Kier alpha value is -2.55. The smallest absolute Gasteiger partial charge is 0.131 e.